The first-order valence-electron chi connectivity index (χ1n) is 10.7. The van der Waals surface area contributed by atoms with E-state index in [2.05, 4.69) is 6.92 Å². The lowest BCUT2D eigenvalue weighted by Gasteiger charge is -2.32. The number of unbranched alkanes of at least 4 members (excludes halogenated alkanes) is 4. The van der Waals surface area contributed by atoms with Crippen LogP contribution in [0.4, 0.5) is 4.79 Å². The topological polar surface area (TPSA) is 46.6 Å². The van der Waals surface area contributed by atoms with Crippen LogP contribution >= 0.6 is 11.8 Å². The summed E-state index contributed by atoms with van der Waals surface area (Å²) in [5, 5.41) is 0. The molecule has 0 aliphatic heterocycles. The summed E-state index contributed by atoms with van der Waals surface area (Å²) in [6.45, 7) is 6.47. The summed E-state index contributed by atoms with van der Waals surface area (Å²) in [5.41, 5.74) is 0.934. The van der Waals surface area contributed by atoms with Gasteiger partial charge in [-0.1, -0.05) is 82.9 Å². The van der Waals surface area contributed by atoms with E-state index in [1.165, 1.54) is 31.0 Å². The molecule has 0 aromatic heterocycles. The van der Waals surface area contributed by atoms with Gasteiger partial charge in [0, 0.05) is 0 Å². The Labute approximate surface area is 181 Å². The lowest BCUT2D eigenvalue weighted by molar-refractivity contribution is -0.120. The van der Waals surface area contributed by atoms with Gasteiger partial charge in [0.25, 0.3) is 0 Å². The molecule has 1 rings (SSSR count). The summed E-state index contributed by atoms with van der Waals surface area (Å²) in [7, 11) is 0. The molecule has 0 heterocycles. The molecule has 0 saturated carbocycles. The van der Waals surface area contributed by atoms with Crippen LogP contribution in [0.2, 0.25) is 0 Å². The molecule has 5 heteroatoms. The van der Waals surface area contributed by atoms with Crippen LogP contribution in [0.1, 0.15) is 64.9 Å². The molecule has 1 aromatic carbocycles. The lowest BCUT2D eigenvalue weighted by atomic mass is 9.94. The Morgan fingerprint density at radius 3 is 2.48 bits per heavy atom. The van der Waals surface area contributed by atoms with Crippen LogP contribution in [0.5, 0.6) is 0 Å². The van der Waals surface area contributed by atoms with Crippen molar-refractivity contribution in [2.24, 2.45) is 5.92 Å². The molecular weight excluding hydrogens is 382 g/mol. The molecule has 0 radical (unpaired) electrons. The van der Waals surface area contributed by atoms with Crippen LogP contribution in [0.25, 0.3) is 0 Å². The maximum Gasteiger partial charge on any atom is 0.411 e. The number of hydrogen-bond donors (Lipinski definition) is 0. The highest BCUT2D eigenvalue weighted by Crippen LogP contribution is 2.20. The standard InChI is InChI=1S/C24H37NO3S/c1-5-7-8-9-10-14-17-22(26)23(20(3)6-2)25(19-29-4)24(27)28-18-21-15-12-11-13-16-21/h11-17,20,23H,5-10,18-19H2,1-4H3/b17-14+/t20-,23-/m0/s1. The van der Waals surface area contributed by atoms with Crippen molar-refractivity contribution < 1.29 is 14.3 Å². The van der Waals surface area contributed by atoms with E-state index in [9.17, 15) is 9.59 Å². The number of thioether (sulfide) groups is 1. The summed E-state index contributed by atoms with van der Waals surface area (Å²) in [6, 6.07) is 9.11. The summed E-state index contributed by atoms with van der Waals surface area (Å²) in [6.07, 6.45) is 11.6. The highest BCUT2D eigenvalue weighted by atomic mass is 32.2. The van der Waals surface area contributed by atoms with E-state index in [1.807, 2.05) is 56.5 Å². The maximum atomic E-state index is 13.0. The van der Waals surface area contributed by atoms with Gasteiger partial charge >= 0.3 is 6.09 Å². The number of rotatable bonds is 14. The third-order valence-corrected chi connectivity index (χ3v) is 5.56. The fraction of sp³-hybridized carbons (Fsp3) is 0.583. The van der Waals surface area contributed by atoms with Crippen LogP contribution in [0.15, 0.2) is 42.5 Å². The molecule has 162 valence electrons. The maximum absolute atomic E-state index is 13.0. The smallest absolute Gasteiger partial charge is 0.411 e. The van der Waals surface area contributed by atoms with Crippen molar-refractivity contribution in [2.45, 2.75) is 71.9 Å². The van der Waals surface area contributed by atoms with Crippen molar-refractivity contribution in [2.75, 3.05) is 12.1 Å². The van der Waals surface area contributed by atoms with E-state index < -0.39 is 12.1 Å². The molecule has 1 aromatic rings. The van der Waals surface area contributed by atoms with Crippen LogP contribution in [-0.2, 0) is 16.1 Å². The van der Waals surface area contributed by atoms with Gasteiger partial charge in [-0.25, -0.2) is 4.79 Å². The molecule has 2 atom stereocenters. The Bertz CT molecular complexity index is 618. The first-order chi connectivity index (χ1) is 14.0. The van der Waals surface area contributed by atoms with Crippen LogP contribution in [-0.4, -0.2) is 35.0 Å². The number of carbonyl (C=O) groups excluding carboxylic acids is 2. The molecule has 0 bridgehead atoms. The summed E-state index contributed by atoms with van der Waals surface area (Å²) in [4.78, 5) is 27.4. The average Bonchev–Trinajstić information content (AvgIpc) is 2.74. The van der Waals surface area contributed by atoms with Crippen molar-refractivity contribution in [3.8, 4) is 0 Å². The third-order valence-electron chi connectivity index (χ3n) is 5.02. The number of allylic oxidation sites excluding steroid dienone is 1. The Kier molecular flexibility index (Phi) is 13.2. The van der Waals surface area contributed by atoms with Gasteiger partial charge in [0.1, 0.15) is 12.6 Å². The van der Waals surface area contributed by atoms with Gasteiger partial charge in [0.2, 0.25) is 0 Å². The van der Waals surface area contributed by atoms with E-state index in [-0.39, 0.29) is 18.3 Å². The Balaban J connectivity index is 2.81. The van der Waals surface area contributed by atoms with Crippen LogP contribution in [0.3, 0.4) is 0 Å². The van der Waals surface area contributed by atoms with Gasteiger partial charge in [-0.2, -0.15) is 0 Å². The fourth-order valence-electron chi connectivity index (χ4n) is 3.14. The Morgan fingerprint density at radius 1 is 1.14 bits per heavy atom. The van der Waals surface area contributed by atoms with E-state index in [4.69, 9.17) is 4.74 Å². The van der Waals surface area contributed by atoms with Gasteiger partial charge in [-0.3, -0.25) is 9.69 Å². The van der Waals surface area contributed by atoms with Gasteiger partial charge in [-0.05, 0) is 36.7 Å². The van der Waals surface area contributed by atoms with E-state index in [1.54, 1.807) is 11.0 Å². The summed E-state index contributed by atoms with van der Waals surface area (Å²) < 4.78 is 5.54. The second-order valence-corrected chi connectivity index (χ2v) is 8.25. The number of nitrogens with zero attached hydrogens (tertiary/aromatic N) is 1. The molecular formula is C24H37NO3S. The van der Waals surface area contributed by atoms with Crippen LogP contribution in [0, 0.1) is 5.92 Å². The molecule has 29 heavy (non-hydrogen) atoms. The minimum Gasteiger partial charge on any atom is -0.445 e. The van der Waals surface area contributed by atoms with Crippen molar-refractivity contribution in [3.05, 3.63) is 48.0 Å². The predicted molar refractivity (Wildman–Crippen MR) is 123 cm³/mol. The van der Waals surface area contributed by atoms with Crippen molar-refractivity contribution in [1.82, 2.24) is 4.90 Å². The molecule has 0 saturated heterocycles. The van der Waals surface area contributed by atoms with Gasteiger partial charge < -0.3 is 4.74 Å². The van der Waals surface area contributed by atoms with Gasteiger partial charge in [0.15, 0.2) is 5.78 Å². The fourth-order valence-corrected chi connectivity index (χ4v) is 3.68. The van der Waals surface area contributed by atoms with E-state index in [0.717, 1.165) is 24.8 Å². The number of carbonyl (C=O) groups is 2. The number of ketones is 1. The number of benzene rings is 1. The Morgan fingerprint density at radius 2 is 1.86 bits per heavy atom. The molecule has 0 aliphatic carbocycles. The molecule has 0 unspecified atom stereocenters. The normalized spacial score (nSPS) is 13.2. The Hall–Kier alpha value is -1.75. The third kappa shape index (κ3) is 9.53. The zero-order chi connectivity index (χ0) is 21.5. The average molecular weight is 420 g/mol. The highest BCUT2D eigenvalue weighted by molar-refractivity contribution is 7.98. The van der Waals surface area contributed by atoms with E-state index >= 15 is 0 Å². The van der Waals surface area contributed by atoms with Gasteiger partial charge in [-0.15, -0.1) is 11.8 Å². The van der Waals surface area contributed by atoms with Crippen molar-refractivity contribution >= 4 is 23.6 Å². The molecule has 0 aliphatic rings. The molecule has 1 amide bonds. The predicted octanol–water partition coefficient (Wildman–Crippen LogP) is 6.46. The number of hydrogen-bond acceptors (Lipinski definition) is 4. The zero-order valence-corrected chi connectivity index (χ0v) is 19.2. The number of amides is 1. The largest absolute Gasteiger partial charge is 0.445 e. The molecule has 0 fully saturated rings. The van der Waals surface area contributed by atoms with Crippen LogP contribution < -0.4 is 0 Å². The summed E-state index contributed by atoms with van der Waals surface area (Å²) >= 11 is 1.52. The molecule has 4 nitrogen and oxygen atoms in total. The van der Waals surface area contributed by atoms with Crippen molar-refractivity contribution in [3.63, 3.8) is 0 Å². The quantitative estimate of drug-likeness (QED) is 0.197. The van der Waals surface area contributed by atoms with E-state index in [0.29, 0.717) is 5.88 Å². The molecule has 0 spiro atoms. The second-order valence-electron chi connectivity index (χ2n) is 7.41. The minimum absolute atomic E-state index is 0.0134. The minimum atomic E-state index is -0.498. The second kappa shape index (κ2) is 15.1. The summed E-state index contributed by atoms with van der Waals surface area (Å²) in [5.74, 6) is 0.475. The highest BCUT2D eigenvalue weighted by Gasteiger charge is 2.33. The number of ether oxygens (including phenoxy) is 1. The lowest BCUT2D eigenvalue weighted by Crippen LogP contribution is -2.48. The van der Waals surface area contributed by atoms with Gasteiger partial charge in [0.05, 0.1) is 5.88 Å². The van der Waals surface area contributed by atoms with Crippen molar-refractivity contribution in [1.29, 1.82) is 0 Å². The SMILES string of the molecule is CCCCCC/C=C/C(=O)[C@H]([C@@H](C)CC)N(CSC)C(=O)OCc1ccccc1. The first-order valence-corrected chi connectivity index (χ1v) is 12.1. The first kappa shape index (κ1) is 25.3. The monoisotopic (exact) mass is 419 g/mol. The molecule has 0 N–H and O–H groups in total. The zero-order valence-electron chi connectivity index (χ0n) is 18.4.